The van der Waals surface area contributed by atoms with Gasteiger partial charge in [0, 0.05) is 44.3 Å². The highest BCUT2D eigenvalue weighted by molar-refractivity contribution is 7.97. The number of aromatic nitrogens is 4. The fraction of sp³-hybridized carbons (Fsp3) is 0.632. The first kappa shape index (κ1) is 24.4. The molecule has 1 unspecified atom stereocenters. The first-order valence-corrected chi connectivity index (χ1v) is 10.9. The molecule has 1 aliphatic rings. The highest BCUT2D eigenvalue weighted by atomic mass is 32.2. The molecule has 0 aromatic carbocycles. The monoisotopic (exact) mass is 446 g/mol. The Morgan fingerprint density at radius 3 is 2.40 bits per heavy atom. The van der Waals surface area contributed by atoms with E-state index < -0.39 is 11.7 Å². The SMILES string of the molecule is CC.CC(O)CCn1cc(SN2CCC(Nc3ncc(C(F)(F)F)cn3)CC2)cn1. The lowest BCUT2D eigenvalue weighted by atomic mass is 10.1. The topological polar surface area (TPSA) is 79.1 Å². The Morgan fingerprint density at radius 2 is 1.83 bits per heavy atom. The lowest BCUT2D eigenvalue weighted by Gasteiger charge is -2.31. The molecule has 0 spiro atoms. The van der Waals surface area contributed by atoms with Crippen molar-refractivity contribution in [2.24, 2.45) is 0 Å². The molecule has 11 heteroatoms. The second-order valence-corrected chi connectivity index (χ2v) is 7.98. The molecule has 7 nitrogen and oxygen atoms in total. The van der Waals surface area contributed by atoms with Crippen molar-refractivity contribution in [2.75, 3.05) is 18.4 Å². The maximum atomic E-state index is 12.6. The third-order valence-electron chi connectivity index (χ3n) is 4.39. The Bertz CT molecular complexity index is 745. The summed E-state index contributed by atoms with van der Waals surface area (Å²) in [4.78, 5) is 8.58. The Morgan fingerprint density at radius 1 is 1.20 bits per heavy atom. The van der Waals surface area contributed by atoms with Crippen LogP contribution >= 0.6 is 11.9 Å². The van der Waals surface area contributed by atoms with Crippen molar-refractivity contribution >= 4 is 17.9 Å². The first-order chi connectivity index (χ1) is 14.3. The summed E-state index contributed by atoms with van der Waals surface area (Å²) in [5.41, 5.74) is -0.849. The average Bonchev–Trinajstić information content (AvgIpc) is 3.16. The lowest BCUT2D eigenvalue weighted by Crippen LogP contribution is -2.35. The number of hydrogen-bond donors (Lipinski definition) is 2. The quantitative estimate of drug-likeness (QED) is 0.621. The third kappa shape index (κ3) is 7.77. The second-order valence-electron chi connectivity index (χ2n) is 6.81. The van der Waals surface area contributed by atoms with Crippen LogP contribution < -0.4 is 5.32 Å². The second kappa shape index (κ2) is 11.5. The van der Waals surface area contributed by atoms with Crippen LogP contribution in [0.25, 0.3) is 0 Å². The molecule has 0 aliphatic carbocycles. The van der Waals surface area contributed by atoms with Gasteiger partial charge in [0.25, 0.3) is 0 Å². The minimum atomic E-state index is -4.43. The van der Waals surface area contributed by atoms with Crippen molar-refractivity contribution in [1.82, 2.24) is 24.1 Å². The molecule has 1 aliphatic heterocycles. The minimum absolute atomic E-state index is 0.127. The van der Waals surface area contributed by atoms with Gasteiger partial charge < -0.3 is 10.4 Å². The zero-order chi connectivity index (χ0) is 22.1. The number of rotatable bonds is 7. The normalized spacial score (nSPS) is 16.6. The summed E-state index contributed by atoms with van der Waals surface area (Å²) in [6, 6.07) is 0.127. The minimum Gasteiger partial charge on any atom is -0.393 e. The van der Waals surface area contributed by atoms with Gasteiger partial charge in [-0.3, -0.25) is 4.68 Å². The summed E-state index contributed by atoms with van der Waals surface area (Å²) in [6.07, 6.45) is 2.95. The van der Waals surface area contributed by atoms with Crippen molar-refractivity contribution in [2.45, 2.75) is 69.8 Å². The fourth-order valence-electron chi connectivity index (χ4n) is 2.81. The molecular formula is C19H29F3N6OS. The van der Waals surface area contributed by atoms with Gasteiger partial charge in [-0.05, 0) is 38.1 Å². The van der Waals surface area contributed by atoms with Crippen molar-refractivity contribution in [3.63, 3.8) is 0 Å². The molecule has 2 aromatic rings. The van der Waals surface area contributed by atoms with Crippen LogP contribution in [0.5, 0.6) is 0 Å². The van der Waals surface area contributed by atoms with Gasteiger partial charge in [-0.15, -0.1) is 0 Å². The molecule has 30 heavy (non-hydrogen) atoms. The lowest BCUT2D eigenvalue weighted by molar-refractivity contribution is -0.138. The van der Waals surface area contributed by atoms with Crippen LogP contribution in [-0.2, 0) is 12.7 Å². The molecule has 1 fully saturated rings. The van der Waals surface area contributed by atoms with Gasteiger partial charge >= 0.3 is 6.18 Å². The Hall–Kier alpha value is -1.85. The molecule has 0 amide bonds. The third-order valence-corrected chi connectivity index (χ3v) is 5.43. The van der Waals surface area contributed by atoms with Gasteiger partial charge in [-0.2, -0.15) is 18.3 Å². The Kier molecular flexibility index (Phi) is 9.37. The van der Waals surface area contributed by atoms with Crippen molar-refractivity contribution in [3.05, 3.63) is 30.4 Å². The summed E-state index contributed by atoms with van der Waals surface area (Å²) in [5.74, 6) is 0.221. The zero-order valence-electron chi connectivity index (χ0n) is 17.4. The zero-order valence-corrected chi connectivity index (χ0v) is 18.2. The summed E-state index contributed by atoms with van der Waals surface area (Å²) in [6.45, 7) is 8.11. The van der Waals surface area contributed by atoms with Crippen molar-refractivity contribution in [3.8, 4) is 0 Å². The van der Waals surface area contributed by atoms with Crippen LogP contribution in [0.3, 0.4) is 0 Å². The van der Waals surface area contributed by atoms with E-state index in [1.54, 1.807) is 18.9 Å². The smallest absolute Gasteiger partial charge is 0.393 e. The molecule has 3 rings (SSSR count). The van der Waals surface area contributed by atoms with E-state index in [0.717, 1.165) is 43.2 Å². The maximum Gasteiger partial charge on any atom is 0.419 e. The van der Waals surface area contributed by atoms with Crippen LogP contribution in [0.2, 0.25) is 0 Å². The summed E-state index contributed by atoms with van der Waals surface area (Å²) in [5, 5.41) is 16.7. The number of aliphatic hydroxyl groups excluding tert-OH is 1. The highest BCUT2D eigenvalue weighted by Crippen LogP contribution is 2.29. The largest absolute Gasteiger partial charge is 0.419 e. The molecule has 3 heterocycles. The molecule has 0 bridgehead atoms. The molecular weight excluding hydrogens is 417 g/mol. The molecule has 2 aromatic heterocycles. The van der Waals surface area contributed by atoms with Crippen LogP contribution in [0.4, 0.5) is 19.1 Å². The Balaban J connectivity index is 0.00000155. The number of halogens is 3. The Labute approximate surface area is 179 Å². The summed E-state index contributed by atoms with van der Waals surface area (Å²) >= 11 is 1.64. The molecule has 1 atom stereocenters. The number of piperidine rings is 1. The van der Waals surface area contributed by atoms with E-state index in [2.05, 4.69) is 24.7 Å². The first-order valence-electron chi connectivity index (χ1n) is 10.1. The fourth-order valence-corrected chi connectivity index (χ4v) is 3.76. The van der Waals surface area contributed by atoms with Crippen LogP contribution in [-0.4, -0.2) is 54.4 Å². The van der Waals surface area contributed by atoms with Gasteiger partial charge in [0.05, 0.1) is 22.8 Å². The van der Waals surface area contributed by atoms with Crippen LogP contribution in [0.1, 0.15) is 45.6 Å². The number of nitrogens with zero attached hydrogens (tertiary/aromatic N) is 5. The number of anilines is 1. The maximum absolute atomic E-state index is 12.6. The number of aryl methyl sites for hydroxylation is 1. The number of nitrogens with one attached hydrogen (secondary N) is 1. The molecule has 0 radical (unpaired) electrons. The van der Waals surface area contributed by atoms with E-state index in [1.807, 2.05) is 30.9 Å². The summed E-state index contributed by atoms with van der Waals surface area (Å²) < 4.78 is 41.7. The van der Waals surface area contributed by atoms with E-state index in [-0.39, 0.29) is 18.1 Å². The average molecular weight is 447 g/mol. The predicted octanol–water partition coefficient (Wildman–Crippen LogP) is 4.07. The standard InChI is InChI=1S/C17H23F3N6OS.C2H6/c1-12(27)2-5-25-11-15(10-23-25)28-26-6-3-14(4-7-26)24-16-21-8-13(9-22-16)17(18,19)20;1-2/h8-12,14,27H,2-7H2,1H3,(H,21,22,24);1-2H3. The van der Waals surface area contributed by atoms with Crippen molar-refractivity contribution < 1.29 is 18.3 Å². The predicted molar refractivity (Wildman–Crippen MR) is 111 cm³/mol. The summed E-state index contributed by atoms with van der Waals surface area (Å²) in [7, 11) is 0. The van der Waals surface area contributed by atoms with Gasteiger partial charge in [-0.1, -0.05) is 13.8 Å². The van der Waals surface area contributed by atoms with Gasteiger partial charge in [0.15, 0.2) is 0 Å². The van der Waals surface area contributed by atoms with E-state index in [4.69, 9.17) is 0 Å². The van der Waals surface area contributed by atoms with Gasteiger partial charge in [-0.25, -0.2) is 14.3 Å². The van der Waals surface area contributed by atoms with E-state index in [9.17, 15) is 18.3 Å². The van der Waals surface area contributed by atoms with Crippen LogP contribution in [0, 0.1) is 0 Å². The number of hydrogen-bond acceptors (Lipinski definition) is 7. The van der Waals surface area contributed by atoms with Crippen LogP contribution in [0.15, 0.2) is 29.7 Å². The van der Waals surface area contributed by atoms with Gasteiger partial charge in [0.2, 0.25) is 5.95 Å². The number of alkyl halides is 3. The van der Waals surface area contributed by atoms with Gasteiger partial charge in [0.1, 0.15) is 0 Å². The molecule has 168 valence electrons. The molecule has 2 N–H and O–H groups in total. The molecule has 1 saturated heterocycles. The molecule has 0 saturated carbocycles. The highest BCUT2D eigenvalue weighted by Gasteiger charge is 2.31. The van der Waals surface area contributed by atoms with E-state index >= 15 is 0 Å². The van der Waals surface area contributed by atoms with E-state index in [0.29, 0.717) is 13.0 Å². The van der Waals surface area contributed by atoms with Crippen molar-refractivity contribution in [1.29, 1.82) is 0 Å². The number of aliphatic hydroxyl groups is 1. The van der Waals surface area contributed by atoms with E-state index in [1.165, 1.54) is 0 Å².